The number of amides is 1. The number of nitrogens with one attached hydrogen (secondary N) is 1. The molecule has 0 radical (unpaired) electrons. The molecule has 1 aromatic carbocycles. The third kappa shape index (κ3) is 2.75. The number of carbonyl (C=O) groups excluding carboxylic acids is 1. The number of fused-ring (bicyclic) bond motifs is 1. The molecule has 3 aromatic rings. The van der Waals surface area contributed by atoms with Crippen LogP contribution in [-0.4, -0.2) is 26.5 Å². The van der Waals surface area contributed by atoms with Gasteiger partial charge in [0.2, 0.25) is 0 Å². The highest BCUT2D eigenvalue weighted by Crippen LogP contribution is 2.21. The number of rotatable bonds is 3. The molecule has 2 aromatic heterocycles. The molecule has 1 N–H and O–H groups in total. The summed E-state index contributed by atoms with van der Waals surface area (Å²) in [6, 6.07) is 9.89. The van der Waals surface area contributed by atoms with E-state index in [9.17, 15) is 9.18 Å². The first-order valence-electron chi connectivity index (χ1n) is 8.12. The molecule has 1 aliphatic rings. The molecule has 24 heavy (non-hydrogen) atoms. The number of halogens is 1. The van der Waals surface area contributed by atoms with Gasteiger partial charge in [-0.2, -0.15) is 5.10 Å². The van der Waals surface area contributed by atoms with Crippen LogP contribution >= 0.6 is 0 Å². The van der Waals surface area contributed by atoms with E-state index in [1.54, 1.807) is 35.0 Å². The molecular weight excluding hydrogens is 307 g/mol. The van der Waals surface area contributed by atoms with Crippen molar-refractivity contribution in [2.24, 2.45) is 0 Å². The van der Waals surface area contributed by atoms with E-state index in [0.29, 0.717) is 11.3 Å². The topological polar surface area (TPSA) is 59.3 Å². The van der Waals surface area contributed by atoms with Gasteiger partial charge in [-0.05, 0) is 43.2 Å². The SMILES string of the molecule is O=C(NC1CCCC1)c1cc2nccc(-c3ccc(F)cc3)n2n1. The van der Waals surface area contributed by atoms with Gasteiger partial charge in [0.25, 0.3) is 5.91 Å². The molecule has 6 heteroatoms. The zero-order valence-electron chi connectivity index (χ0n) is 13.1. The van der Waals surface area contributed by atoms with Crippen molar-refractivity contribution in [2.75, 3.05) is 0 Å². The number of hydrogen-bond donors (Lipinski definition) is 1. The summed E-state index contributed by atoms with van der Waals surface area (Å²) < 4.78 is 14.8. The highest BCUT2D eigenvalue weighted by molar-refractivity contribution is 5.93. The number of hydrogen-bond acceptors (Lipinski definition) is 3. The minimum Gasteiger partial charge on any atom is -0.348 e. The second kappa shape index (κ2) is 6.03. The van der Waals surface area contributed by atoms with Crippen LogP contribution in [0.3, 0.4) is 0 Å². The third-order valence-corrected chi connectivity index (χ3v) is 4.42. The van der Waals surface area contributed by atoms with Crippen molar-refractivity contribution < 1.29 is 9.18 Å². The summed E-state index contributed by atoms with van der Waals surface area (Å²) >= 11 is 0. The number of carbonyl (C=O) groups is 1. The first kappa shape index (κ1) is 14.8. The van der Waals surface area contributed by atoms with Crippen molar-refractivity contribution in [3.05, 3.63) is 54.1 Å². The second-order valence-corrected chi connectivity index (χ2v) is 6.09. The van der Waals surface area contributed by atoms with Gasteiger partial charge in [0.15, 0.2) is 11.3 Å². The lowest BCUT2D eigenvalue weighted by atomic mass is 10.1. The van der Waals surface area contributed by atoms with Gasteiger partial charge in [0, 0.05) is 23.9 Å². The van der Waals surface area contributed by atoms with E-state index in [0.717, 1.165) is 36.9 Å². The van der Waals surface area contributed by atoms with E-state index in [1.807, 2.05) is 0 Å². The van der Waals surface area contributed by atoms with E-state index in [1.165, 1.54) is 12.1 Å². The summed E-state index contributed by atoms with van der Waals surface area (Å²) in [4.78, 5) is 16.7. The lowest BCUT2D eigenvalue weighted by Gasteiger charge is -2.09. The van der Waals surface area contributed by atoms with E-state index < -0.39 is 0 Å². The van der Waals surface area contributed by atoms with Crippen molar-refractivity contribution in [2.45, 2.75) is 31.7 Å². The average molecular weight is 324 g/mol. The van der Waals surface area contributed by atoms with Crippen molar-refractivity contribution in [1.82, 2.24) is 19.9 Å². The maximum atomic E-state index is 13.1. The smallest absolute Gasteiger partial charge is 0.272 e. The molecule has 1 aliphatic carbocycles. The Bertz CT molecular complexity index is 882. The maximum Gasteiger partial charge on any atom is 0.272 e. The Kier molecular flexibility index (Phi) is 3.72. The molecule has 0 spiro atoms. The molecular formula is C18H17FN4O. The van der Waals surface area contributed by atoms with E-state index >= 15 is 0 Å². The van der Waals surface area contributed by atoms with Crippen LogP contribution < -0.4 is 5.32 Å². The zero-order valence-corrected chi connectivity index (χ0v) is 13.1. The Hall–Kier alpha value is -2.76. The van der Waals surface area contributed by atoms with Crippen LogP contribution in [0, 0.1) is 5.82 Å². The Morgan fingerprint density at radius 3 is 2.67 bits per heavy atom. The number of benzene rings is 1. The summed E-state index contributed by atoms with van der Waals surface area (Å²) in [6.07, 6.45) is 6.03. The van der Waals surface area contributed by atoms with Crippen molar-refractivity contribution >= 4 is 11.6 Å². The van der Waals surface area contributed by atoms with E-state index in [4.69, 9.17) is 0 Å². The Balaban J connectivity index is 1.68. The minimum atomic E-state index is -0.291. The van der Waals surface area contributed by atoms with Crippen LogP contribution in [-0.2, 0) is 0 Å². The lowest BCUT2D eigenvalue weighted by Crippen LogP contribution is -2.32. The Morgan fingerprint density at radius 2 is 1.92 bits per heavy atom. The maximum absolute atomic E-state index is 13.1. The van der Waals surface area contributed by atoms with Gasteiger partial charge in [0.05, 0.1) is 5.69 Å². The lowest BCUT2D eigenvalue weighted by molar-refractivity contribution is 0.0932. The van der Waals surface area contributed by atoms with Crippen LogP contribution in [0.4, 0.5) is 4.39 Å². The van der Waals surface area contributed by atoms with Gasteiger partial charge in [0.1, 0.15) is 5.82 Å². The van der Waals surface area contributed by atoms with Crippen LogP contribution in [0.1, 0.15) is 36.2 Å². The number of nitrogens with zero attached hydrogens (tertiary/aromatic N) is 3. The van der Waals surface area contributed by atoms with Crippen LogP contribution in [0.5, 0.6) is 0 Å². The normalized spacial score (nSPS) is 15.0. The van der Waals surface area contributed by atoms with Crippen molar-refractivity contribution in [3.8, 4) is 11.3 Å². The zero-order chi connectivity index (χ0) is 16.5. The van der Waals surface area contributed by atoms with Gasteiger partial charge in [-0.25, -0.2) is 13.9 Å². The monoisotopic (exact) mass is 324 g/mol. The molecule has 5 nitrogen and oxygen atoms in total. The predicted octanol–water partition coefficient (Wildman–Crippen LogP) is 3.21. The summed E-state index contributed by atoms with van der Waals surface area (Å²) in [5, 5.41) is 7.43. The first-order chi connectivity index (χ1) is 11.7. The Morgan fingerprint density at radius 1 is 1.17 bits per heavy atom. The predicted molar refractivity (Wildman–Crippen MR) is 88.1 cm³/mol. The average Bonchev–Trinajstić information content (AvgIpc) is 3.24. The van der Waals surface area contributed by atoms with E-state index in [2.05, 4.69) is 15.4 Å². The van der Waals surface area contributed by atoms with Crippen LogP contribution in [0.25, 0.3) is 16.9 Å². The van der Waals surface area contributed by atoms with Gasteiger partial charge < -0.3 is 5.32 Å². The Labute approximate surface area is 138 Å². The van der Waals surface area contributed by atoms with E-state index in [-0.39, 0.29) is 17.8 Å². The molecule has 4 rings (SSSR count). The summed E-state index contributed by atoms with van der Waals surface area (Å²) in [7, 11) is 0. The molecule has 122 valence electrons. The molecule has 1 amide bonds. The summed E-state index contributed by atoms with van der Waals surface area (Å²) in [6.45, 7) is 0. The third-order valence-electron chi connectivity index (χ3n) is 4.42. The molecule has 0 bridgehead atoms. The molecule has 0 unspecified atom stereocenters. The first-order valence-corrected chi connectivity index (χ1v) is 8.12. The molecule has 1 saturated carbocycles. The second-order valence-electron chi connectivity index (χ2n) is 6.09. The fourth-order valence-electron chi connectivity index (χ4n) is 3.17. The van der Waals surface area contributed by atoms with Crippen LogP contribution in [0.2, 0.25) is 0 Å². The van der Waals surface area contributed by atoms with Crippen molar-refractivity contribution in [3.63, 3.8) is 0 Å². The number of aromatic nitrogens is 3. The molecule has 0 saturated heterocycles. The largest absolute Gasteiger partial charge is 0.348 e. The van der Waals surface area contributed by atoms with Gasteiger partial charge in [-0.1, -0.05) is 12.8 Å². The standard InChI is InChI=1S/C18H17FN4O/c19-13-7-5-12(6-8-13)16-9-10-20-17-11-15(22-23(16)17)18(24)21-14-3-1-2-4-14/h5-11,14H,1-4H2,(H,21,24). The quantitative estimate of drug-likeness (QED) is 0.805. The summed E-state index contributed by atoms with van der Waals surface area (Å²) in [5.74, 6) is -0.460. The summed E-state index contributed by atoms with van der Waals surface area (Å²) in [5.41, 5.74) is 2.52. The van der Waals surface area contributed by atoms with Gasteiger partial charge in [-0.3, -0.25) is 4.79 Å². The van der Waals surface area contributed by atoms with Gasteiger partial charge >= 0.3 is 0 Å². The fourth-order valence-corrected chi connectivity index (χ4v) is 3.17. The highest BCUT2D eigenvalue weighted by Gasteiger charge is 2.20. The fraction of sp³-hybridized carbons (Fsp3) is 0.278. The highest BCUT2D eigenvalue weighted by atomic mass is 19.1. The molecule has 0 aliphatic heterocycles. The molecule has 0 atom stereocenters. The van der Waals surface area contributed by atoms with Crippen LogP contribution in [0.15, 0.2) is 42.6 Å². The minimum absolute atomic E-state index is 0.169. The van der Waals surface area contributed by atoms with Crippen molar-refractivity contribution in [1.29, 1.82) is 0 Å². The molecule has 1 fully saturated rings. The van der Waals surface area contributed by atoms with Gasteiger partial charge in [-0.15, -0.1) is 0 Å². The molecule has 2 heterocycles.